The van der Waals surface area contributed by atoms with Gasteiger partial charge in [-0.15, -0.1) is 0 Å². The van der Waals surface area contributed by atoms with Crippen LogP contribution in [0.5, 0.6) is 5.88 Å². The van der Waals surface area contributed by atoms with E-state index in [2.05, 4.69) is 9.97 Å². The van der Waals surface area contributed by atoms with Crippen LogP contribution >= 0.6 is 0 Å². The topological polar surface area (TPSA) is 94.3 Å². The molecule has 2 rings (SSSR count). The molecule has 88 valence electrons. The molecule has 0 spiro atoms. The lowest BCUT2D eigenvalue weighted by molar-refractivity contribution is -0.137. The van der Waals surface area contributed by atoms with Gasteiger partial charge in [-0.25, -0.2) is 4.98 Å². The fourth-order valence-electron chi connectivity index (χ4n) is 1.42. The Hall–Kier alpha value is -2.44. The molecule has 0 atom stereocenters. The Labute approximate surface area is 95.3 Å². The van der Waals surface area contributed by atoms with Crippen molar-refractivity contribution in [3.05, 3.63) is 28.7 Å². The first-order chi connectivity index (χ1) is 8.11. The van der Waals surface area contributed by atoms with Crippen LogP contribution < -0.4 is 10.3 Å². The predicted octanol–water partition coefficient (Wildman–Crippen LogP) is -0.115. The highest BCUT2D eigenvalue weighted by Crippen LogP contribution is 2.11. The van der Waals surface area contributed by atoms with Crippen LogP contribution in [0, 0.1) is 0 Å². The lowest BCUT2D eigenvalue weighted by Gasteiger charge is -2.06. The summed E-state index contributed by atoms with van der Waals surface area (Å²) >= 11 is 0. The fraction of sp³-hybridized carbons (Fsp3) is 0.200. The zero-order valence-corrected chi connectivity index (χ0v) is 8.95. The van der Waals surface area contributed by atoms with Crippen molar-refractivity contribution in [1.29, 1.82) is 0 Å². The van der Waals surface area contributed by atoms with Gasteiger partial charge in [-0.1, -0.05) is 0 Å². The van der Waals surface area contributed by atoms with Gasteiger partial charge in [0.15, 0.2) is 5.65 Å². The van der Waals surface area contributed by atoms with E-state index in [-0.39, 0.29) is 11.5 Å². The van der Waals surface area contributed by atoms with Gasteiger partial charge < -0.3 is 9.84 Å². The highest BCUT2D eigenvalue weighted by atomic mass is 16.5. The van der Waals surface area contributed by atoms with Gasteiger partial charge in [0.2, 0.25) is 5.88 Å². The van der Waals surface area contributed by atoms with Crippen LogP contribution in [-0.2, 0) is 11.3 Å². The van der Waals surface area contributed by atoms with Crippen molar-refractivity contribution >= 4 is 17.1 Å². The number of hydrogen-bond donors (Lipinski definition) is 1. The van der Waals surface area contributed by atoms with Gasteiger partial charge in [-0.3, -0.25) is 14.2 Å². The first kappa shape index (κ1) is 11.1. The van der Waals surface area contributed by atoms with Crippen LogP contribution in [0.15, 0.2) is 23.1 Å². The van der Waals surface area contributed by atoms with Gasteiger partial charge in [0.25, 0.3) is 5.56 Å². The van der Waals surface area contributed by atoms with Gasteiger partial charge in [0.1, 0.15) is 12.1 Å². The predicted molar refractivity (Wildman–Crippen MR) is 58.0 cm³/mol. The highest BCUT2D eigenvalue weighted by molar-refractivity contribution is 5.73. The number of carboxylic acids is 1. The van der Waals surface area contributed by atoms with Gasteiger partial charge in [-0.2, -0.15) is 4.98 Å². The van der Waals surface area contributed by atoms with E-state index in [1.54, 1.807) is 0 Å². The summed E-state index contributed by atoms with van der Waals surface area (Å²) in [5.41, 5.74) is 0.188. The lowest BCUT2D eigenvalue weighted by Crippen LogP contribution is -2.24. The summed E-state index contributed by atoms with van der Waals surface area (Å²) in [4.78, 5) is 30.3. The molecule has 0 fully saturated rings. The van der Waals surface area contributed by atoms with Crippen LogP contribution in [0.2, 0.25) is 0 Å². The van der Waals surface area contributed by atoms with E-state index in [9.17, 15) is 9.59 Å². The zero-order chi connectivity index (χ0) is 12.4. The molecule has 17 heavy (non-hydrogen) atoms. The monoisotopic (exact) mass is 235 g/mol. The number of aromatic nitrogens is 3. The molecule has 0 aliphatic rings. The zero-order valence-electron chi connectivity index (χ0n) is 8.95. The molecular weight excluding hydrogens is 226 g/mol. The van der Waals surface area contributed by atoms with Gasteiger partial charge >= 0.3 is 5.97 Å². The van der Waals surface area contributed by atoms with Crippen LogP contribution in [0.3, 0.4) is 0 Å². The number of aliphatic carboxylic acids is 1. The molecule has 0 bridgehead atoms. The van der Waals surface area contributed by atoms with E-state index in [1.165, 1.54) is 25.4 Å². The third-order valence-corrected chi connectivity index (χ3v) is 2.17. The van der Waals surface area contributed by atoms with Crippen molar-refractivity contribution in [2.75, 3.05) is 7.11 Å². The Bertz CT molecular complexity index is 635. The third-order valence-electron chi connectivity index (χ3n) is 2.17. The second-order valence-corrected chi connectivity index (χ2v) is 3.27. The Morgan fingerprint density at radius 1 is 1.53 bits per heavy atom. The van der Waals surface area contributed by atoms with E-state index in [4.69, 9.17) is 9.84 Å². The van der Waals surface area contributed by atoms with Crippen LogP contribution in [0.1, 0.15) is 0 Å². The number of carbonyl (C=O) groups is 1. The fourth-order valence-corrected chi connectivity index (χ4v) is 1.42. The molecule has 0 saturated heterocycles. The van der Waals surface area contributed by atoms with Gasteiger partial charge in [0, 0.05) is 6.07 Å². The number of rotatable bonds is 3. The maximum Gasteiger partial charge on any atom is 0.323 e. The largest absolute Gasteiger partial charge is 0.480 e. The van der Waals surface area contributed by atoms with Crippen molar-refractivity contribution in [3.63, 3.8) is 0 Å². The minimum Gasteiger partial charge on any atom is -0.480 e. The van der Waals surface area contributed by atoms with E-state index < -0.39 is 18.1 Å². The van der Waals surface area contributed by atoms with E-state index in [1.807, 2.05) is 0 Å². The van der Waals surface area contributed by atoms with E-state index in [0.717, 1.165) is 4.57 Å². The molecular formula is C10H9N3O4. The number of pyridine rings is 1. The Morgan fingerprint density at radius 2 is 2.29 bits per heavy atom. The molecule has 7 heteroatoms. The first-order valence-corrected chi connectivity index (χ1v) is 4.74. The number of methoxy groups -OCH3 is 1. The Balaban J connectivity index is 2.73. The first-order valence-electron chi connectivity index (χ1n) is 4.74. The highest BCUT2D eigenvalue weighted by Gasteiger charge is 2.09. The average molecular weight is 235 g/mol. The number of fused-ring (bicyclic) bond motifs is 1. The van der Waals surface area contributed by atoms with Crippen molar-refractivity contribution in [1.82, 2.24) is 14.5 Å². The van der Waals surface area contributed by atoms with Crippen molar-refractivity contribution < 1.29 is 14.6 Å². The van der Waals surface area contributed by atoms with Gasteiger partial charge in [-0.05, 0) is 6.07 Å². The Morgan fingerprint density at radius 3 is 2.94 bits per heavy atom. The smallest absolute Gasteiger partial charge is 0.323 e. The number of carboxylic acid groups (broad SMARTS) is 1. The maximum atomic E-state index is 11.6. The number of hydrogen-bond acceptors (Lipinski definition) is 5. The molecule has 7 nitrogen and oxygen atoms in total. The summed E-state index contributed by atoms with van der Waals surface area (Å²) < 4.78 is 5.92. The Kier molecular flexibility index (Phi) is 2.73. The molecule has 0 unspecified atom stereocenters. The molecule has 2 aromatic rings. The van der Waals surface area contributed by atoms with Crippen LogP contribution in [0.4, 0.5) is 0 Å². The molecule has 1 N–H and O–H groups in total. The average Bonchev–Trinajstić information content (AvgIpc) is 2.32. The minimum atomic E-state index is -1.12. The van der Waals surface area contributed by atoms with Crippen LogP contribution in [-0.4, -0.2) is 32.7 Å². The van der Waals surface area contributed by atoms with Gasteiger partial charge in [0.05, 0.1) is 13.3 Å². The maximum absolute atomic E-state index is 11.6. The van der Waals surface area contributed by atoms with Crippen molar-refractivity contribution in [2.24, 2.45) is 0 Å². The normalized spacial score (nSPS) is 10.4. The summed E-state index contributed by atoms with van der Waals surface area (Å²) in [6.45, 7) is -0.460. The van der Waals surface area contributed by atoms with Crippen molar-refractivity contribution in [2.45, 2.75) is 6.54 Å². The molecule has 0 aliphatic carbocycles. The third kappa shape index (κ3) is 2.07. The second kappa shape index (κ2) is 4.20. The molecule has 0 radical (unpaired) electrons. The standard InChI is InChI=1S/C10H9N3O4/c1-17-7-4-11-6-2-3-8(14)13(5-9(15)16)10(6)12-7/h2-4H,5H2,1H3,(H,15,16). The summed E-state index contributed by atoms with van der Waals surface area (Å²) in [7, 11) is 1.42. The number of ether oxygens (including phenoxy) is 1. The van der Waals surface area contributed by atoms with Crippen LogP contribution in [0.25, 0.3) is 11.2 Å². The minimum absolute atomic E-state index is 0.194. The molecule has 2 aromatic heterocycles. The molecule has 0 saturated carbocycles. The SMILES string of the molecule is COc1cnc2ccc(=O)n(CC(=O)O)c2n1. The van der Waals surface area contributed by atoms with E-state index in [0.29, 0.717) is 5.52 Å². The lowest BCUT2D eigenvalue weighted by atomic mass is 10.4. The molecule has 2 heterocycles. The summed E-state index contributed by atoms with van der Waals surface area (Å²) in [6, 6.07) is 2.74. The molecule has 0 aliphatic heterocycles. The summed E-state index contributed by atoms with van der Waals surface area (Å²) in [6.07, 6.45) is 1.40. The van der Waals surface area contributed by atoms with E-state index >= 15 is 0 Å². The summed E-state index contributed by atoms with van der Waals surface area (Å²) in [5.74, 6) is -0.897. The number of nitrogens with zero attached hydrogens (tertiary/aromatic N) is 3. The quantitative estimate of drug-likeness (QED) is 0.797. The molecule has 0 aromatic carbocycles. The summed E-state index contributed by atoms with van der Waals surface area (Å²) in [5, 5.41) is 8.74. The molecule has 0 amide bonds. The second-order valence-electron chi connectivity index (χ2n) is 3.27. The van der Waals surface area contributed by atoms with Crippen molar-refractivity contribution in [3.8, 4) is 5.88 Å².